The lowest BCUT2D eigenvalue weighted by molar-refractivity contribution is -0.138. The average Bonchev–Trinajstić information content (AvgIpc) is 2.28. The molecule has 0 heterocycles. The van der Waals surface area contributed by atoms with Gasteiger partial charge in [-0.3, -0.25) is 0 Å². The normalized spacial score (nSPS) is 13.9. The molecule has 1 rings (SSSR count). The zero-order valence-corrected chi connectivity index (χ0v) is 12.2. The molecule has 0 spiro atoms. The molecule has 0 aromatic heterocycles. The van der Waals surface area contributed by atoms with E-state index in [-0.39, 0.29) is 23.3 Å². The molecule has 1 atom stereocenters. The number of nitrogens with two attached hydrogens (primary N) is 1. The average molecular weight is 291 g/mol. The van der Waals surface area contributed by atoms with E-state index in [0.29, 0.717) is 11.3 Å². The van der Waals surface area contributed by atoms with Gasteiger partial charge in [0, 0.05) is 16.2 Å². The van der Waals surface area contributed by atoms with Crippen molar-refractivity contribution in [3.05, 3.63) is 29.3 Å². The van der Waals surface area contributed by atoms with E-state index >= 15 is 0 Å². The Morgan fingerprint density at radius 1 is 1.26 bits per heavy atom. The molecule has 1 unspecified atom stereocenters. The van der Waals surface area contributed by atoms with E-state index in [4.69, 9.17) is 5.73 Å². The fraction of sp³-hybridized carbons (Fsp3) is 0.571. The van der Waals surface area contributed by atoms with Gasteiger partial charge in [0.05, 0.1) is 5.56 Å². The molecule has 0 aliphatic heterocycles. The van der Waals surface area contributed by atoms with Gasteiger partial charge in [0.15, 0.2) is 0 Å². The highest BCUT2D eigenvalue weighted by molar-refractivity contribution is 7.99. The number of rotatable bonds is 5. The standard InChI is InChI=1S/C14H20F3NS/c1-4-11(18)7-10-5-6-12(19-9(2)3)8-13(10)14(15,16)17/h5-6,8-9,11H,4,7,18H2,1-3H3. The van der Waals surface area contributed by atoms with Gasteiger partial charge in [0.2, 0.25) is 0 Å². The second-order valence-corrected chi connectivity index (χ2v) is 6.51. The highest BCUT2D eigenvalue weighted by atomic mass is 32.2. The maximum Gasteiger partial charge on any atom is 0.416 e. The van der Waals surface area contributed by atoms with E-state index in [1.807, 2.05) is 20.8 Å². The van der Waals surface area contributed by atoms with Crippen molar-refractivity contribution in [2.75, 3.05) is 0 Å². The summed E-state index contributed by atoms with van der Waals surface area (Å²) in [5.74, 6) is 0. The minimum absolute atomic E-state index is 0.232. The summed E-state index contributed by atoms with van der Waals surface area (Å²) < 4.78 is 39.2. The molecule has 0 aliphatic carbocycles. The van der Waals surface area contributed by atoms with Gasteiger partial charge in [-0.15, -0.1) is 11.8 Å². The van der Waals surface area contributed by atoms with E-state index in [9.17, 15) is 13.2 Å². The summed E-state index contributed by atoms with van der Waals surface area (Å²) >= 11 is 1.43. The molecule has 5 heteroatoms. The second kappa shape index (κ2) is 6.66. The zero-order valence-electron chi connectivity index (χ0n) is 11.4. The number of hydrogen-bond acceptors (Lipinski definition) is 2. The Kier molecular flexibility index (Phi) is 5.74. The van der Waals surface area contributed by atoms with Gasteiger partial charge in [-0.25, -0.2) is 0 Å². The van der Waals surface area contributed by atoms with Crippen LogP contribution >= 0.6 is 11.8 Å². The summed E-state index contributed by atoms with van der Waals surface area (Å²) in [6, 6.07) is 4.31. The first-order chi connectivity index (χ1) is 8.74. The predicted octanol–water partition coefficient (Wildman–Crippen LogP) is 4.49. The summed E-state index contributed by atoms with van der Waals surface area (Å²) in [5.41, 5.74) is 5.50. The number of alkyl halides is 3. The first-order valence-corrected chi connectivity index (χ1v) is 7.24. The van der Waals surface area contributed by atoms with E-state index in [0.717, 1.165) is 0 Å². The summed E-state index contributed by atoms with van der Waals surface area (Å²) in [4.78, 5) is 0.649. The quantitative estimate of drug-likeness (QED) is 0.809. The number of hydrogen-bond donors (Lipinski definition) is 1. The lowest BCUT2D eigenvalue weighted by atomic mass is 9.99. The highest BCUT2D eigenvalue weighted by Gasteiger charge is 2.33. The molecular formula is C14H20F3NS. The molecule has 2 N–H and O–H groups in total. The number of halogens is 3. The minimum atomic E-state index is -4.32. The monoisotopic (exact) mass is 291 g/mol. The Balaban J connectivity index is 3.10. The van der Waals surface area contributed by atoms with Crippen molar-refractivity contribution in [3.8, 4) is 0 Å². The first kappa shape index (κ1) is 16.4. The van der Waals surface area contributed by atoms with Crippen molar-refractivity contribution in [2.24, 2.45) is 5.73 Å². The van der Waals surface area contributed by atoms with Crippen LogP contribution in [0.2, 0.25) is 0 Å². The van der Waals surface area contributed by atoms with Crippen LogP contribution in [0, 0.1) is 0 Å². The Labute approximate surface area is 116 Å². The minimum Gasteiger partial charge on any atom is -0.327 e. The predicted molar refractivity (Wildman–Crippen MR) is 74.4 cm³/mol. The Hall–Kier alpha value is -0.680. The molecular weight excluding hydrogens is 271 g/mol. The fourth-order valence-corrected chi connectivity index (χ4v) is 2.65. The van der Waals surface area contributed by atoms with Crippen molar-refractivity contribution >= 4 is 11.8 Å². The largest absolute Gasteiger partial charge is 0.416 e. The van der Waals surface area contributed by atoms with Gasteiger partial charge >= 0.3 is 6.18 Å². The number of benzene rings is 1. The van der Waals surface area contributed by atoms with Crippen molar-refractivity contribution in [2.45, 2.75) is 56.0 Å². The Bertz CT molecular complexity index is 416. The van der Waals surface area contributed by atoms with Crippen molar-refractivity contribution in [1.82, 2.24) is 0 Å². The summed E-state index contributed by atoms with van der Waals surface area (Å²) in [7, 11) is 0. The lowest BCUT2D eigenvalue weighted by Gasteiger charge is -2.17. The lowest BCUT2D eigenvalue weighted by Crippen LogP contribution is -2.23. The van der Waals surface area contributed by atoms with Gasteiger partial charge < -0.3 is 5.73 Å². The number of thioether (sulfide) groups is 1. The summed E-state index contributed by atoms with van der Waals surface area (Å²) in [5, 5.41) is 0.254. The van der Waals surface area contributed by atoms with Crippen molar-refractivity contribution in [3.63, 3.8) is 0 Å². The van der Waals surface area contributed by atoms with E-state index in [1.165, 1.54) is 17.8 Å². The van der Waals surface area contributed by atoms with Crippen LogP contribution in [0.1, 0.15) is 38.3 Å². The Morgan fingerprint density at radius 3 is 2.37 bits per heavy atom. The maximum atomic E-state index is 13.1. The third-order valence-corrected chi connectivity index (χ3v) is 3.76. The smallest absolute Gasteiger partial charge is 0.327 e. The molecule has 1 nitrogen and oxygen atoms in total. The third-order valence-electron chi connectivity index (χ3n) is 2.76. The van der Waals surface area contributed by atoms with Crippen LogP contribution < -0.4 is 5.73 Å². The van der Waals surface area contributed by atoms with Crippen LogP contribution in [0.25, 0.3) is 0 Å². The van der Waals surface area contributed by atoms with Gasteiger partial charge in [-0.1, -0.05) is 26.8 Å². The van der Waals surface area contributed by atoms with Gasteiger partial charge in [-0.2, -0.15) is 13.2 Å². The second-order valence-electron chi connectivity index (χ2n) is 4.86. The van der Waals surface area contributed by atoms with Gasteiger partial charge in [-0.05, 0) is 30.5 Å². The van der Waals surface area contributed by atoms with E-state index in [2.05, 4.69) is 0 Å². The zero-order chi connectivity index (χ0) is 14.6. The van der Waals surface area contributed by atoms with Crippen LogP contribution in [0.5, 0.6) is 0 Å². The Morgan fingerprint density at radius 2 is 1.89 bits per heavy atom. The molecule has 0 bridgehead atoms. The first-order valence-electron chi connectivity index (χ1n) is 6.36. The molecule has 0 saturated carbocycles. The van der Waals surface area contributed by atoms with Crippen LogP contribution in [0.3, 0.4) is 0 Å². The van der Waals surface area contributed by atoms with E-state index in [1.54, 1.807) is 12.1 Å². The third kappa shape index (κ3) is 5.07. The molecule has 0 aliphatic rings. The van der Waals surface area contributed by atoms with Crippen molar-refractivity contribution < 1.29 is 13.2 Å². The SMILES string of the molecule is CCC(N)Cc1ccc(SC(C)C)cc1C(F)(F)F. The van der Waals surface area contributed by atoms with Gasteiger partial charge in [0.1, 0.15) is 0 Å². The summed E-state index contributed by atoms with van der Waals surface area (Å²) in [6.07, 6.45) is -3.39. The van der Waals surface area contributed by atoms with Crippen LogP contribution in [0.15, 0.2) is 23.1 Å². The highest BCUT2D eigenvalue weighted by Crippen LogP contribution is 2.36. The molecule has 0 amide bonds. The van der Waals surface area contributed by atoms with Gasteiger partial charge in [0.25, 0.3) is 0 Å². The van der Waals surface area contributed by atoms with Crippen LogP contribution in [0.4, 0.5) is 13.2 Å². The van der Waals surface area contributed by atoms with Crippen LogP contribution in [-0.2, 0) is 12.6 Å². The molecule has 0 radical (unpaired) electrons. The molecule has 19 heavy (non-hydrogen) atoms. The molecule has 0 saturated heterocycles. The fourth-order valence-electron chi connectivity index (χ4n) is 1.77. The molecule has 108 valence electrons. The molecule has 1 aromatic rings. The molecule has 0 fully saturated rings. The maximum absolute atomic E-state index is 13.1. The summed E-state index contributed by atoms with van der Waals surface area (Å²) in [6.45, 7) is 5.79. The van der Waals surface area contributed by atoms with Crippen LogP contribution in [-0.4, -0.2) is 11.3 Å². The van der Waals surface area contributed by atoms with Crippen molar-refractivity contribution in [1.29, 1.82) is 0 Å². The molecule has 1 aromatic carbocycles. The topological polar surface area (TPSA) is 26.0 Å². The van der Waals surface area contributed by atoms with E-state index < -0.39 is 11.7 Å².